The molecular formula is C24H25FN6O2S. The summed E-state index contributed by atoms with van der Waals surface area (Å²) in [5.74, 6) is 0.329. The van der Waals surface area contributed by atoms with Crippen molar-refractivity contribution in [2.24, 2.45) is 0 Å². The zero-order valence-electron chi connectivity index (χ0n) is 19.0. The van der Waals surface area contributed by atoms with Gasteiger partial charge in [0.2, 0.25) is 16.0 Å². The van der Waals surface area contributed by atoms with E-state index >= 15 is 0 Å². The molecule has 5 rings (SSSR count). The molecule has 1 fully saturated rings. The Bertz CT molecular complexity index is 1280. The quantitative estimate of drug-likeness (QED) is 0.454. The number of ether oxygens (including phenoxy) is 1. The minimum Gasteiger partial charge on any atom is -0.495 e. The molecule has 0 aliphatic carbocycles. The number of rotatable bonds is 6. The number of halogens is 1. The lowest BCUT2D eigenvalue weighted by Gasteiger charge is -2.33. The highest BCUT2D eigenvalue weighted by Crippen LogP contribution is 2.28. The van der Waals surface area contributed by atoms with E-state index in [1.165, 1.54) is 23.5 Å². The smallest absolute Gasteiger partial charge is 0.238 e. The van der Waals surface area contributed by atoms with Gasteiger partial charge in [0.15, 0.2) is 0 Å². The number of carbonyl (C=O) groups is 1. The van der Waals surface area contributed by atoms with Crippen molar-refractivity contribution in [1.29, 1.82) is 0 Å². The fraction of sp³-hybridized carbons (Fsp3) is 0.292. The van der Waals surface area contributed by atoms with Crippen LogP contribution in [0.1, 0.15) is 5.56 Å². The highest BCUT2D eigenvalue weighted by atomic mass is 32.1. The van der Waals surface area contributed by atoms with Crippen molar-refractivity contribution >= 4 is 33.0 Å². The summed E-state index contributed by atoms with van der Waals surface area (Å²) in [7, 11) is 1.60. The van der Waals surface area contributed by atoms with Gasteiger partial charge in [-0.05, 0) is 48.9 Å². The number of fused-ring (bicyclic) bond motifs is 1. The lowest BCUT2D eigenvalue weighted by atomic mass is 10.2. The first kappa shape index (κ1) is 22.3. The molecule has 0 bridgehead atoms. The summed E-state index contributed by atoms with van der Waals surface area (Å²) in [6, 6.07) is 12.0. The molecule has 0 saturated carbocycles. The van der Waals surface area contributed by atoms with Gasteiger partial charge in [0.1, 0.15) is 11.6 Å². The van der Waals surface area contributed by atoms with Crippen molar-refractivity contribution < 1.29 is 13.9 Å². The van der Waals surface area contributed by atoms with Gasteiger partial charge >= 0.3 is 0 Å². The van der Waals surface area contributed by atoms with Gasteiger partial charge in [-0.3, -0.25) is 9.69 Å². The Morgan fingerprint density at radius 2 is 1.91 bits per heavy atom. The number of hydrogen-bond donors (Lipinski definition) is 1. The first-order valence-electron chi connectivity index (χ1n) is 11.0. The molecule has 1 N–H and O–H groups in total. The summed E-state index contributed by atoms with van der Waals surface area (Å²) >= 11 is 1.53. The van der Waals surface area contributed by atoms with E-state index in [0.29, 0.717) is 18.0 Å². The van der Waals surface area contributed by atoms with Crippen LogP contribution in [0.25, 0.3) is 16.2 Å². The fourth-order valence-electron chi connectivity index (χ4n) is 3.99. The molecule has 0 atom stereocenters. The Morgan fingerprint density at radius 3 is 2.62 bits per heavy atom. The molecule has 8 nitrogen and oxygen atoms in total. The van der Waals surface area contributed by atoms with Crippen LogP contribution in [-0.2, 0) is 4.79 Å². The van der Waals surface area contributed by atoms with Crippen LogP contribution in [-0.4, -0.2) is 65.2 Å². The van der Waals surface area contributed by atoms with Crippen LogP contribution in [0.5, 0.6) is 5.75 Å². The maximum absolute atomic E-state index is 13.2. The number of nitrogens with one attached hydrogen (secondary N) is 1. The number of imidazole rings is 1. The molecule has 1 aliphatic heterocycles. The van der Waals surface area contributed by atoms with Gasteiger partial charge in [0.25, 0.3) is 0 Å². The summed E-state index contributed by atoms with van der Waals surface area (Å²) < 4.78 is 20.3. The number of aromatic nitrogens is 3. The van der Waals surface area contributed by atoms with E-state index < -0.39 is 0 Å². The van der Waals surface area contributed by atoms with Crippen LogP contribution in [0.2, 0.25) is 0 Å². The van der Waals surface area contributed by atoms with Crippen molar-refractivity contribution in [3.05, 3.63) is 60.0 Å². The Morgan fingerprint density at radius 1 is 1.15 bits per heavy atom. The molecule has 0 radical (unpaired) electrons. The average molecular weight is 481 g/mol. The minimum absolute atomic E-state index is 0.0570. The SMILES string of the molecule is COc1ccc(C)cc1NC(=O)CN1CCN(c2nn3cc(-c4ccc(F)cc4)nc3s2)CC1. The lowest BCUT2D eigenvalue weighted by Crippen LogP contribution is -2.48. The minimum atomic E-state index is -0.267. The van der Waals surface area contributed by atoms with Gasteiger partial charge in [-0.15, -0.1) is 5.10 Å². The van der Waals surface area contributed by atoms with Crippen LogP contribution in [0.15, 0.2) is 48.7 Å². The van der Waals surface area contributed by atoms with Crippen LogP contribution in [0.4, 0.5) is 15.2 Å². The third kappa shape index (κ3) is 4.73. The van der Waals surface area contributed by atoms with Crippen LogP contribution in [0.3, 0.4) is 0 Å². The zero-order valence-corrected chi connectivity index (χ0v) is 19.8. The molecule has 1 amide bonds. The van der Waals surface area contributed by atoms with E-state index in [1.807, 2.05) is 31.3 Å². The Kier molecular flexibility index (Phi) is 6.16. The van der Waals surface area contributed by atoms with Gasteiger partial charge in [-0.25, -0.2) is 13.9 Å². The van der Waals surface area contributed by atoms with Crippen molar-refractivity contribution in [3.8, 4) is 17.0 Å². The van der Waals surface area contributed by atoms with Crippen LogP contribution in [0, 0.1) is 12.7 Å². The molecular weight excluding hydrogens is 455 g/mol. The zero-order chi connectivity index (χ0) is 23.7. The molecule has 34 heavy (non-hydrogen) atoms. The predicted octanol–water partition coefficient (Wildman–Crippen LogP) is 3.67. The molecule has 0 unspecified atom stereocenters. The van der Waals surface area contributed by atoms with Gasteiger partial charge in [0.05, 0.1) is 31.2 Å². The van der Waals surface area contributed by atoms with Crippen molar-refractivity contribution in [1.82, 2.24) is 19.5 Å². The number of hydrogen-bond acceptors (Lipinski definition) is 7. The van der Waals surface area contributed by atoms with Gasteiger partial charge in [-0.1, -0.05) is 17.4 Å². The third-order valence-electron chi connectivity index (χ3n) is 5.81. The number of aryl methyl sites for hydroxylation is 1. The standard InChI is InChI=1S/C24H25FN6O2S/c1-16-3-8-21(33-2)19(13-16)26-22(32)15-29-9-11-30(12-10-29)24-28-31-14-20(27-23(31)34-24)17-4-6-18(25)7-5-17/h3-8,13-14H,9-12,15H2,1-2H3,(H,26,32). The van der Waals surface area contributed by atoms with Crippen LogP contribution < -0.4 is 15.0 Å². The number of piperazine rings is 1. The molecule has 176 valence electrons. The van der Waals surface area contributed by atoms with Crippen molar-refractivity contribution in [3.63, 3.8) is 0 Å². The van der Waals surface area contributed by atoms with Gasteiger partial charge in [-0.2, -0.15) is 0 Å². The molecule has 1 saturated heterocycles. The number of benzene rings is 2. The van der Waals surface area contributed by atoms with Crippen molar-refractivity contribution in [2.45, 2.75) is 6.92 Å². The molecule has 3 heterocycles. The molecule has 0 spiro atoms. The second-order valence-corrected chi connectivity index (χ2v) is 9.19. The second-order valence-electron chi connectivity index (χ2n) is 8.26. The lowest BCUT2D eigenvalue weighted by molar-refractivity contribution is -0.117. The normalized spacial score (nSPS) is 14.5. The molecule has 4 aromatic rings. The van der Waals surface area contributed by atoms with Gasteiger partial charge < -0.3 is 15.0 Å². The summed E-state index contributed by atoms with van der Waals surface area (Å²) in [4.78, 5) is 22.4. The maximum atomic E-state index is 13.2. The topological polar surface area (TPSA) is 75.0 Å². The van der Waals surface area contributed by atoms with E-state index in [4.69, 9.17) is 4.74 Å². The Hall–Kier alpha value is -3.50. The van der Waals surface area contributed by atoms with E-state index in [1.54, 1.807) is 23.8 Å². The first-order chi connectivity index (χ1) is 16.5. The fourth-order valence-corrected chi connectivity index (χ4v) is 4.92. The summed E-state index contributed by atoms with van der Waals surface area (Å²) in [6.07, 6.45) is 1.86. The highest BCUT2D eigenvalue weighted by molar-refractivity contribution is 7.20. The van der Waals surface area contributed by atoms with Crippen molar-refractivity contribution in [2.75, 3.05) is 50.1 Å². The molecule has 2 aromatic heterocycles. The predicted molar refractivity (Wildman–Crippen MR) is 131 cm³/mol. The third-order valence-corrected chi connectivity index (χ3v) is 6.79. The van der Waals surface area contributed by atoms with E-state index in [-0.39, 0.29) is 11.7 Å². The number of methoxy groups -OCH3 is 1. The summed E-state index contributed by atoms with van der Waals surface area (Å²) in [6.45, 7) is 5.40. The Balaban J connectivity index is 1.17. The number of carbonyl (C=O) groups excluding carboxylic acids is 1. The number of anilines is 2. The number of nitrogens with zero attached hydrogens (tertiary/aromatic N) is 5. The monoisotopic (exact) mass is 480 g/mol. The Labute approximate surface area is 200 Å². The average Bonchev–Trinajstić information content (AvgIpc) is 3.40. The molecule has 1 aliphatic rings. The van der Waals surface area contributed by atoms with E-state index in [2.05, 4.69) is 25.2 Å². The second kappa shape index (κ2) is 9.40. The van der Waals surface area contributed by atoms with E-state index in [9.17, 15) is 9.18 Å². The first-order valence-corrected chi connectivity index (χ1v) is 11.8. The summed E-state index contributed by atoms with van der Waals surface area (Å²) in [5, 5.41) is 8.55. The summed E-state index contributed by atoms with van der Waals surface area (Å²) in [5.41, 5.74) is 3.38. The largest absolute Gasteiger partial charge is 0.495 e. The van der Waals surface area contributed by atoms with E-state index in [0.717, 1.165) is 53.1 Å². The molecule has 2 aromatic carbocycles. The van der Waals surface area contributed by atoms with Crippen LogP contribution >= 0.6 is 11.3 Å². The maximum Gasteiger partial charge on any atom is 0.238 e. The molecule has 10 heteroatoms. The highest BCUT2D eigenvalue weighted by Gasteiger charge is 2.22. The number of amides is 1. The van der Waals surface area contributed by atoms with Gasteiger partial charge in [0, 0.05) is 31.7 Å².